The van der Waals surface area contributed by atoms with E-state index in [2.05, 4.69) is 5.32 Å². The van der Waals surface area contributed by atoms with Gasteiger partial charge in [-0.15, -0.1) is 0 Å². The Morgan fingerprint density at radius 2 is 1.77 bits per heavy atom. The smallest absolute Gasteiger partial charge is 0.226 e. The fourth-order valence-corrected chi connectivity index (χ4v) is 3.89. The van der Waals surface area contributed by atoms with Crippen molar-refractivity contribution in [3.63, 3.8) is 0 Å². The number of carbonyl (C=O) groups excluding carboxylic acids is 2. The van der Waals surface area contributed by atoms with Gasteiger partial charge in [0.15, 0.2) is 5.79 Å². The maximum Gasteiger partial charge on any atom is 0.226 e. The fourth-order valence-electron chi connectivity index (χ4n) is 3.77. The predicted molar refractivity (Wildman–Crippen MR) is 95.3 cm³/mol. The minimum Gasteiger partial charge on any atom is -0.352 e. The van der Waals surface area contributed by atoms with E-state index in [1.807, 2.05) is 17.0 Å². The number of benzene rings is 1. The molecule has 1 aromatic rings. The van der Waals surface area contributed by atoms with Crippen LogP contribution in [0.1, 0.15) is 24.8 Å². The minimum absolute atomic E-state index is 0.0470. The third-order valence-corrected chi connectivity index (χ3v) is 5.73. The standard InChI is InChI=1S/C19H23ClN2O4/c20-14-3-1-13(2-4-14)12-21-17(23)15-11-16(15)18(24)22-7-5-19(6-8-22)25-9-10-26-19/h1-4,15-16H,5-12H2,(H,21,23). The first-order chi connectivity index (χ1) is 12.6. The Kier molecular flexibility index (Phi) is 4.90. The van der Waals surface area contributed by atoms with Crippen molar-refractivity contribution >= 4 is 23.4 Å². The van der Waals surface area contributed by atoms with Gasteiger partial charge in [0.05, 0.1) is 25.0 Å². The number of likely N-dealkylation sites (tertiary alicyclic amines) is 1. The van der Waals surface area contributed by atoms with E-state index in [0.717, 1.165) is 5.56 Å². The number of piperidine rings is 1. The number of rotatable bonds is 4. The maximum absolute atomic E-state index is 12.6. The summed E-state index contributed by atoms with van der Waals surface area (Å²) in [5.41, 5.74) is 0.990. The van der Waals surface area contributed by atoms with Crippen molar-refractivity contribution in [2.24, 2.45) is 11.8 Å². The molecular formula is C19H23ClN2O4. The first-order valence-corrected chi connectivity index (χ1v) is 9.53. The van der Waals surface area contributed by atoms with Gasteiger partial charge in [-0.1, -0.05) is 23.7 Å². The molecule has 1 spiro atoms. The average molecular weight is 379 g/mol. The van der Waals surface area contributed by atoms with Gasteiger partial charge in [0.2, 0.25) is 11.8 Å². The maximum atomic E-state index is 12.6. The fraction of sp³-hybridized carbons (Fsp3) is 0.579. The summed E-state index contributed by atoms with van der Waals surface area (Å²) in [5.74, 6) is -0.821. The summed E-state index contributed by atoms with van der Waals surface area (Å²) in [6, 6.07) is 7.37. The second-order valence-corrected chi connectivity index (χ2v) is 7.66. The topological polar surface area (TPSA) is 67.9 Å². The second kappa shape index (κ2) is 7.18. The molecule has 0 bridgehead atoms. The molecule has 4 rings (SSSR count). The summed E-state index contributed by atoms with van der Waals surface area (Å²) in [5, 5.41) is 3.59. The van der Waals surface area contributed by atoms with Gasteiger partial charge in [0.1, 0.15) is 0 Å². The zero-order chi connectivity index (χ0) is 18.1. The second-order valence-electron chi connectivity index (χ2n) is 7.23. The van der Waals surface area contributed by atoms with Crippen LogP contribution in [0.5, 0.6) is 0 Å². The van der Waals surface area contributed by atoms with Crippen molar-refractivity contribution in [1.29, 1.82) is 0 Å². The summed E-state index contributed by atoms with van der Waals surface area (Å²) >= 11 is 5.86. The molecule has 0 radical (unpaired) electrons. The monoisotopic (exact) mass is 378 g/mol. The van der Waals surface area contributed by atoms with Crippen LogP contribution in [0.15, 0.2) is 24.3 Å². The normalized spacial score (nSPS) is 26.7. The predicted octanol–water partition coefficient (Wildman–Crippen LogP) is 1.96. The zero-order valence-electron chi connectivity index (χ0n) is 14.6. The molecule has 1 saturated carbocycles. The highest BCUT2D eigenvalue weighted by molar-refractivity contribution is 6.30. The number of nitrogens with one attached hydrogen (secondary N) is 1. The van der Waals surface area contributed by atoms with Crippen LogP contribution in [0.3, 0.4) is 0 Å². The highest BCUT2D eigenvalue weighted by Gasteiger charge is 2.51. The first kappa shape index (κ1) is 17.8. The van der Waals surface area contributed by atoms with Crippen LogP contribution in [-0.4, -0.2) is 48.8 Å². The van der Waals surface area contributed by atoms with Crippen LogP contribution in [0.4, 0.5) is 0 Å². The first-order valence-electron chi connectivity index (χ1n) is 9.15. The number of hydrogen-bond acceptors (Lipinski definition) is 4. The molecule has 2 amide bonds. The number of amides is 2. The van der Waals surface area contributed by atoms with Crippen LogP contribution >= 0.6 is 11.6 Å². The molecule has 1 aromatic carbocycles. The van der Waals surface area contributed by atoms with Gasteiger partial charge in [-0.2, -0.15) is 0 Å². The van der Waals surface area contributed by atoms with Crippen molar-refractivity contribution in [1.82, 2.24) is 10.2 Å². The Hall–Kier alpha value is -1.63. The summed E-state index contributed by atoms with van der Waals surface area (Å²) in [7, 11) is 0. The molecule has 2 aliphatic heterocycles. The number of ether oxygens (including phenoxy) is 2. The van der Waals surface area contributed by atoms with Crippen LogP contribution in [0.25, 0.3) is 0 Å². The molecule has 2 atom stereocenters. The molecule has 26 heavy (non-hydrogen) atoms. The summed E-state index contributed by atoms with van der Waals surface area (Å²) in [6.45, 7) is 2.98. The lowest BCUT2D eigenvalue weighted by atomic mass is 10.0. The molecule has 0 aromatic heterocycles. The molecule has 2 saturated heterocycles. The van der Waals surface area contributed by atoms with E-state index in [4.69, 9.17) is 21.1 Å². The third-order valence-electron chi connectivity index (χ3n) is 5.47. The van der Waals surface area contributed by atoms with E-state index in [1.54, 1.807) is 12.1 Å². The van der Waals surface area contributed by atoms with Crippen molar-refractivity contribution < 1.29 is 19.1 Å². The lowest BCUT2D eigenvalue weighted by Crippen LogP contribution is -2.48. The van der Waals surface area contributed by atoms with Gasteiger partial charge < -0.3 is 19.7 Å². The van der Waals surface area contributed by atoms with E-state index in [0.29, 0.717) is 57.1 Å². The quantitative estimate of drug-likeness (QED) is 0.869. The molecule has 1 aliphatic carbocycles. The van der Waals surface area contributed by atoms with Gasteiger partial charge in [0.25, 0.3) is 0 Å². The molecule has 140 valence electrons. The van der Waals surface area contributed by atoms with Crippen LogP contribution in [-0.2, 0) is 25.6 Å². The molecule has 3 fully saturated rings. The van der Waals surface area contributed by atoms with Gasteiger partial charge in [-0.05, 0) is 24.1 Å². The molecule has 1 N–H and O–H groups in total. The molecular weight excluding hydrogens is 356 g/mol. The zero-order valence-corrected chi connectivity index (χ0v) is 15.3. The Labute approximate surface area is 157 Å². The number of halogens is 1. The highest BCUT2D eigenvalue weighted by atomic mass is 35.5. The number of carbonyl (C=O) groups is 2. The molecule has 7 heteroatoms. The van der Waals surface area contributed by atoms with Crippen LogP contribution < -0.4 is 5.32 Å². The summed E-state index contributed by atoms with van der Waals surface area (Å²) < 4.78 is 11.4. The average Bonchev–Trinajstić information content (AvgIpc) is 3.35. The van der Waals surface area contributed by atoms with Crippen LogP contribution in [0.2, 0.25) is 5.02 Å². The van der Waals surface area contributed by atoms with Gasteiger partial charge in [-0.3, -0.25) is 9.59 Å². The Bertz CT molecular complexity index is 677. The largest absolute Gasteiger partial charge is 0.352 e. The highest BCUT2D eigenvalue weighted by Crippen LogP contribution is 2.41. The Balaban J connectivity index is 1.23. The Morgan fingerprint density at radius 1 is 1.12 bits per heavy atom. The number of nitrogens with zero attached hydrogens (tertiary/aromatic N) is 1. The lowest BCUT2D eigenvalue weighted by molar-refractivity contribution is -0.187. The van der Waals surface area contributed by atoms with Gasteiger partial charge in [-0.25, -0.2) is 0 Å². The lowest BCUT2D eigenvalue weighted by Gasteiger charge is -2.37. The molecule has 3 aliphatic rings. The van der Waals surface area contributed by atoms with E-state index in [1.165, 1.54) is 0 Å². The van der Waals surface area contributed by atoms with Crippen molar-refractivity contribution in [3.8, 4) is 0 Å². The van der Waals surface area contributed by atoms with Crippen molar-refractivity contribution in [3.05, 3.63) is 34.9 Å². The van der Waals surface area contributed by atoms with Crippen molar-refractivity contribution in [2.45, 2.75) is 31.6 Å². The Morgan fingerprint density at radius 3 is 2.42 bits per heavy atom. The van der Waals surface area contributed by atoms with E-state index < -0.39 is 5.79 Å². The van der Waals surface area contributed by atoms with Crippen LogP contribution in [0, 0.1) is 11.8 Å². The molecule has 2 unspecified atom stereocenters. The molecule has 2 heterocycles. The van der Waals surface area contributed by atoms with E-state index in [-0.39, 0.29) is 23.7 Å². The SMILES string of the molecule is O=C(NCc1ccc(Cl)cc1)C1CC1C(=O)N1CCC2(CC1)OCCO2. The minimum atomic E-state index is -0.477. The summed E-state index contributed by atoms with van der Waals surface area (Å²) in [6.07, 6.45) is 2.05. The van der Waals surface area contributed by atoms with Crippen molar-refractivity contribution in [2.75, 3.05) is 26.3 Å². The van der Waals surface area contributed by atoms with Gasteiger partial charge in [0, 0.05) is 37.5 Å². The summed E-state index contributed by atoms with van der Waals surface area (Å²) in [4.78, 5) is 26.8. The number of hydrogen-bond donors (Lipinski definition) is 1. The van der Waals surface area contributed by atoms with Gasteiger partial charge >= 0.3 is 0 Å². The van der Waals surface area contributed by atoms with E-state index >= 15 is 0 Å². The van der Waals surface area contributed by atoms with E-state index in [9.17, 15) is 9.59 Å². The third kappa shape index (κ3) is 3.72. The molecule has 6 nitrogen and oxygen atoms in total.